The Labute approximate surface area is 183 Å². The van der Waals surface area contributed by atoms with Crippen molar-refractivity contribution in [1.29, 1.82) is 0 Å². The maximum absolute atomic E-state index is 12.8. The Hall–Kier alpha value is -3.22. The van der Waals surface area contributed by atoms with E-state index in [1.165, 1.54) is 0 Å². The van der Waals surface area contributed by atoms with Crippen LogP contribution in [0.4, 0.5) is 16.2 Å². The van der Waals surface area contributed by atoms with Gasteiger partial charge in [-0.05, 0) is 49.9 Å². The summed E-state index contributed by atoms with van der Waals surface area (Å²) in [6.45, 7) is 5.23. The van der Waals surface area contributed by atoms with Crippen LogP contribution in [0.2, 0.25) is 0 Å². The average molecular weight is 426 g/mol. The topological polar surface area (TPSA) is 79.9 Å². The molecule has 7 heteroatoms. The highest BCUT2D eigenvalue weighted by Crippen LogP contribution is 2.31. The summed E-state index contributed by atoms with van der Waals surface area (Å²) in [6, 6.07) is 13.0. The van der Waals surface area contributed by atoms with Gasteiger partial charge in [0, 0.05) is 36.4 Å². The molecular weight excluding hydrogens is 394 g/mol. The van der Waals surface area contributed by atoms with Crippen LogP contribution in [0.25, 0.3) is 0 Å². The number of nitrogens with one attached hydrogen (secondary N) is 2. The lowest BCUT2D eigenvalue weighted by molar-refractivity contribution is -0.121. The molecule has 1 heterocycles. The molecule has 166 valence electrons. The van der Waals surface area contributed by atoms with Gasteiger partial charge >= 0.3 is 6.03 Å². The molecule has 7 nitrogen and oxygen atoms in total. The largest absolute Gasteiger partial charge is 0.493 e. The summed E-state index contributed by atoms with van der Waals surface area (Å²) in [5.41, 5.74) is 2.61. The van der Waals surface area contributed by atoms with E-state index in [9.17, 15) is 9.59 Å². The Balaban J connectivity index is 1.51. The fraction of sp³-hybridized carbons (Fsp3) is 0.417. The normalized spacial score (nSPS) is 15.2. The molecule has 2 N–H and O–H groups in total. The summed E-state index contributed by atoms with van der Waals surface area (Å²) in [5.74, 6) is 1.22. The van der Waals surface area contributed by atoms with Crippen LogP contribution in [-0.4, -0.2) is 44.1 Å². The first-order valence-corrected chi connectivity index (χ1v) is 10.6. The standard InChI is InChI=1S/C24H31N3O4/c1-16-5-7-19(8-6-16)26-24(29)27-13-11-18(12-14-27)17(2)23(28)25-20-9-10-21(30-3)22(15-20)31-4/h5-10,15,17-18H,11-14H2,1-4H3,(H,25,28)(H,26,29)/t17-/m0/s1. The summed E-state index contributed by atoms with van der Waals surface area (Å²) in [4.78, 5) is 27.1. The van der Waals surface area contributed by atoms with Gasteiger partial charge in [-0.2, -0.15) is 0 Å². The number of urea groups is 1. The van der Waals surface area contributed by atoms with Gasteiger partial charge in [-0.1, -0.05) is 24.6 Å². The van der Waals surface area contributed by atoms with Gasteiger partial charge in [0.2, 0.25) is 5.91 Å². The predicted molar refractivity (Wildman–Crippen MR) is 122 cm³/mol. The van der Waals surface area contributed by atoms with Crippen LogP contribution < -0.4 is 20.1 Å². The van der Waals surface area contributed by atoms with Crippen LogP contribution in [-0.2, 0) is 4.79 Å². The minimum absolute atomic E-state index is 0.0326. The fourth-order valence-corrected chi connectivity index (χ4v) is 3.83. The second-order valence-electron chi connectivity index (χ2n) is 7.97. The van der Waals surface area contributed by atoms with Gasteiger partial charge < -0.3 is 25.0 Å². The molecule has 1 atom stereocenters. The smallest absolute Gasteiger partial charge is 0.321 e. The van der Waals surface area contributed by atoms with E-state index in [4.69, 9.17) is 9.47 Å². The third kappa shape index (κ3) is 5.69. The van der Waals surface area contributed by atoms with Crippen molar-refractivity contribution in [2.45, 2.75) is 26.7 Å². The lowest BCUT2D eigenvalue weighted by Crippen LogP contribution is -2.43. The zero-order valence-corrected chi connectivity index (χ0v) is 18.6. The van der Waals surface area contributed by atoms with E-state index in [0.717, 1.165) is 24.1 Å². The number of hydrogen-bond donors (Lipinski definition) is 2. The van der Waals surface area contributed by atoms with E-state index >= 15 is 0 Å². The first-order valence-electron chi connectivity index (χ1n) is 10.6. The highest BCUT2D eigenvalue weighted by Gasteiger charge is 2.30. The number of aryl methyl sites for hydroxylation is 1. The van der Waals surface area contributed by atoms with Crippen molar-refractivity contribution >= 4 is 23.3 Å². The van der Waals surface area contributed by atoms with Crippen molar-refractivity contribution in [3.05, 3.63) is 48.0 Å². The number of amides is 3. The van der Waals surface area contributed by atoms with Gasteiger partial charge in [0.15, 0.2) is 11.5 Å². The van der Waals surface area contributed by atoms with Crippen molar-refractivity contribution in [3.63, 3.8) is 0 Å². The number of piperidine rings is 1. The van der Waals surface area contributed by atoms with E-state index in [1.54, 1.807) is 32.4 Å². The molecule has 2 aromatic rings. The van der Waals surface area contributed by atoms with Crippen LogP contribution in [0, 0.1) is 18.8 Å². The number of carbonyl (C=O) groups is 2. The van der Waals surface area contributed by atoms with Gasteiger partial charge in [0.05, 0.1) is 14.2 Å². The fourth-order valence-electron chi connectivity index (χ4n) is 3.83. The Morgan fingerprint density at radius 2 is 1.55 bits per heavy atom. The average Bonchev–Trinajstić information content (AvgIpc) is 2.80. The summed E-state index contributed by atoms with van der Waals surface area (Å²) in [5, 5.41) is 5.91. The molecule has 1 saturated heterocycles. The van der Waals surface area contributed by atoms with Gasteiger partial charge in [-0.15, -0.1) is 0 Å². The molecule has 0 bridgehead atoms. The molecule has 0 aliphatic carbocycles. The Bertz CT molecular complexity index is 906. The molecular formula is C24H31N3O4. The zero-order chi connectivity index (χ0) is 22.4. The Morgan fingerprint density at radius 1 is 0.935 bits per heavy atom. The molecule has 3 amide bonds. The number of likely N-dealkylation sites (tertiary alicyclic amines) is 1. The molecule has 0 unspecified atom stereocenters. The highest BCUT2D eigenvalue weighted by atomic mass is 16.5. The second-order valence-corrected chi connectivity index (χ2v) is 7.97. The van der Waals surface area contributed by atoms with Crippen molar-refractivity contribution < 1.29 is 19.1 Å². The third-order valence-corrected chi connectivity index (χ3v) is 5.90. The lowest BCUT2D eigenvalue weighted by atomic mass is 9.85. The number of ether oxygens (including phenoxy) is 2. The molecule has 0 aromatic heterocycles. The van der Waals surface area contributed by atoms with Crippen molar-refractivity contribution in [2.75, 3.05) is 37.9 Å². The third-order valence-electron chi connectivity index (χ3n) is 5.90. The molecule has 0 spiro atoms. The van der Waals surface area contributed by atoms with Crippen LogP contribution in [0.5, 0.6) is 11.5 Å². The van der Waals surface area contributed by atoms with Gasteiger partial charge in [0.25, 0.3) is 0 Å². The van der Waals surface area contributed by atoms with E-state index < -0.39 is 0 Å². The van der Waals surface area contributed by atoms with Crippen LogP contribution in [0.3, 0.4) is 0 Å². The first-order chi connectivity index (χ1) is 14.9. The minimum atomic E-state index is -0.157. The molecule has 0 radical (unpaired) electrons. The molecule has 1 aliphatic rings. The maximum atomic E-state index is 12.8. The predicted octanol–water partition coefficient (Wildman–Crippen LogP) is 4.53. The lowest BCUT2D eigenvalue weighted by Gasteiger charge is -2.34. The number of hydrogen-bond acceptors (Lipinski definition) is 4. The van der Waals surface area contributed by atoms with E-state index in [1.807, 2.05) is 43.0 Å². The van der Waals surface area contributed by atoms with Crippen molar-refractivity contribution in [1.82, 2.24) is 4.90 Å². The van der Waals surface area contributed by atoms with Crippen molar-refractivity contribution in [2.24, 2.45) is 11.8 Å². The van der Waals surface area contributed by atoms with Gasteiger partial charge in [-0.25, -0.2) is 4.79 Å². The van der Waals surface area contributed by atoms with Gasteiger partial charge in [0.1, 0.15) is 0 Å². The van der Waals surface area contributed by atoms with E-state index in [0.29, 0.717) is 30.3 Å². The molecule has 1 aliphatic heterocycles. The maximum Gasteiger partial charge on any atom is 0.321 e. The summed E-state index contributed by atoms with van der Waals surface area (Å²) >= 11 is 0. The number of rotatable bonds is 6. The van der Waals surface area contributed by atoms with E-state index in [-0.39, 0.29) is 23.8 Å². The van der Waals surface area contributed by atoms with Crippen LogP contribution in [0.1, 0.15) is 25.3 Å². The zero-order valence-electron chi connectivity index (χ0n) is 18.6. The summed E-state index contributed by atoms with van der Waals surface area (Å²) in [7, 11) is 3.14. The van der Waals surface area contributed by atoms with Gasteiger partial charge in [-0.3, -0.25) is 4.79 Å². The number of anilines is 2. The monoisotopic (exact) mass is 425 g/mol. The Morgan fingerprint density at radius 3 is 2.16 bits per heavy atom. The molecule has 31 heavy (non-hydrogen) atoms. The number of nitrogens with zero attached hydrogens (tertiary/aromatic N) is 1. The molecule has 3 rings (SSSR count). The molecule has 1 fully saturated rings. The quantitative estimate of drug-likeness (QED) is 0.713. The number of methoxy groups -OCH3 is 2. The van der Waals surface area contributed by atoms with Crippen LogP contribution >= 0.6 is 0 Å². The second kappa shape index (κ2) is 10.2. The number of benzene rings is 2. The van der Waals surface area contributed by atoms with Crippen LogP contribution in [0.15, 0.2) is 42.5 Å². The SMILES string of the molecule is COc1ccc(NC(=O)[C@@H](C)C2CCN(C(=O)Nc3ccc(C)cc3)CC2)cc1OC. The molecule has 0 saturated carbocycles. The highest BCUT2D eigenvalue weighted by molar-refractivity contribution is 5.93. The first kappa shape index (κ1) is 22.5. The number of carbonyl (C=O) groups excluding carboxylic acids is 2. The summed E-state index contributed by atoms with van der Waals surface area (Å²) < 4.78 is 10.5. The van der Waals surface area contributed by atoms with E-state index in [2.05, 4.69) is 10.6 Å². The minimum Gasteiger partial charge on any atom is -0.493 e. The van der Waals surface area contributed by atoms with Crippen molar-refractivity contribution in [3.8, 4) is 11.5 Å². The molecule has 2 aromatic carbocycles. The Kier molecular flexibility index (Phi) is 7.39. The summed E-state index contributed by atoms with van der Waals surface area (Å²) in [6.07, 6.45) is 1.59.